The van der Waals surface area contributed by atoms with Crippen LogP contribution in [0.1, 0.15) is 0 Å². The highest BCUT2D eigenvalue weighted by Gasteiger charge is 1.98. The lowest BCUT2D eigenvalue weighted by atomic mass is 10.7. The molecule has 0 atom stereocenters. The smallest absolute Gasteiger partial charge is 0.316 e. The first kappa shape index (κ1) is 8.62. The minimum Gasteiger partial charge on any atom is -0.337 e. The summed E-state index contributed by atoms with van der Waals surface area (Å²) >= 11 is 3.93. The van der Waals surface area contributed by atoms with Crippen LogP contribution >= 0.6 is 12.6 Å². The first-order valence-corrected chi connectivity index (χ1v) is 3.37. The minimum atomic E-state index is -0.0657. The van der Waals surface area contributed by atoms with E-state index in [9.17, 15) is 4.79 Å². The van der Waals surface area contributed by atoms with Crippen LogP contribution < -0.4 is 5.32 Å². The van der Waals surface area contributed by atoms with Gasteiger partial charge in [0.25, 0.3) is 0 Å². The molecule has 0 saturated carbocycles. The number of carbonyl (C=O) groups is 1. The Morgan fingerprint density at radius 3 is 2.56 bits per heavy atom. The van der Waals surface area contributed by atoms with Crippen LogP contribution in [0.5, 0.6) is 0 Å². The van der Waals surface area contributed by atoms with Crippen molar-refractivity contribution >= 4 is 18.7 Å². The van der Waals surface area contributed by atoms with Gasteiger partial charge in [-0.1, -0.05) is 0 Å². The van der Waals surface area contributed by atoms with Gasteiger partial charge in [-0.2, -0.15) is 12.6 Å². The second kappa shape index (κ2) is 4.49. The molecule has 1 N–H and O–H groups in total. The van der Waals surface area contributed by atoms with E-state index >= 15 is 0 Å². The number of carbonyl (C=O) groups excluding carboxylic acids is 1. The summed E-state index contributed by atoms with van der Waals surface area (Å²) < 4.78 is 0. The Morgan fingerprint density at radius 2 is 2.22 bits per heavy atom. The van der Waals surface area contributed by atoms with Gasteiger partial charge in [0, 0.05) is 26.4 Å². The Labute approximate surface area is 60.8 Å². The van der Waals surface area contributed by atoms with E-state index in [-0.39, 0.29) is 6.03 Å². The highest BCUT2D eigenvalue weighted by molar-refractivity contribution is 7.80. The lowest BCUT2D eigenvalue weighted by Crippen LogP contribution is -2.35. The van der Waals surface area contributed by atoms with Crippen LogP contribution in [0.3, 0.4) is 0 Å². The van der Waals surface area contributed by atoms with Gasteiger partial charge in [-0.25, -0.2) is 4.79 Å². The molecule has 9 heavy (non-hydrogen) atoms. The summed E-state index contributed by atoms with van der Waals surface area (Å²) in [5.41, 5.74) is 0. The summed E-state index contributed by atoms with van der Waals surface area (Å²) in [6.07, 6.45) is 0. The number of thiol groups is 1. The molecule has 0 fully saturated rings. The maximum absolute atomic E-state index is 10.7. The van der Waals surface area contributed by atoms with Crippen molar-refractivity contribution in [2.24, 2.45) is 0 Å². The first-order chi connectivity index (χ1) is 4.18. The van der Waals surface area contributed by atoms with Crippen LogP contribution in [0.2, 0.25) is 0 Å². The lowest BCUT2D eigenvalue weighted by Gasteiger charge is -2.10. The molecule has 0 aliphatic heterocycles. The van der Waals surface area contributed by atoms with E-state index in [0.29, 0.717) is 12.3 Å². The molecule has 0 spiro atoms. The lowest BCUT2D eigenvalue weighted by molar-refractivity contribution is 0.218. The molecule has 0 heterocycles. The number of rotatable bonds is 2. The zero-order chi connectivity index (χ0) is 7.28. The molecule has 0 unspecified atom stereocenters. The van der Waals surface area contributed by atoms with Crippen molar-refractivity contribution < 1.29 is 4.79 Å². The molecular formula is C5H12N2OS. The second-order valence-electron chi connectivity index (χ2n) is 1.85. The van der Waals surface area contributed by atoms with E-state index in [1.54, 1.807) is 14.1 Å². The second-order valence-corrected chi connectivity index (χ2v) is 2.30. The van der Waals surface area contributed by atoms with Gasteiger partial charge in [0.05, 0.1) is 0 Å². The quantitative estimate of drug-likeness (QED) is 0.538. The predicted octanol–water partition coefficient (Wildman–Crippen LogP) is 0.187. The van der Waals surface area contributed by atoms with Gasteiger partial charge in [-0.05, 0) is 0 Å². The highest BCUT2D eigenvalue weighted by atomic mass is 32.1. The van der Waals surface area contributed by atoms with Crippen LogP contribution in [-0.2, 0) is 0 Å². The van der Waals surface area contributed by atoms with Gasteiger partial charge in [-0.15, -0.1) is 0 Å². The third-order valence-corrected chi connectivity index (χ3v) is 1.02. The SMILES string of the molecule is CN(C)C(=O)NCCS. The predicted molar refractivity (Wildman–Crippen MR) is 40.9 cm³/mol. The average molecular weight is 148 g/mol. The molecule has 3 nitrogen and oxygen atoms in total. The zero-order valence-electron chi connectivity index (χ0n) is 5.72. The van der Waals surface area contributed by atoms with E-state index in [1.807, 2.05) is 0 Å². The molecule has 0 aliphatic rings. The number of nitrogens with one attached hydrogen (secondary N) is 1. The fourth-order valence-electron chi connectivity index (χ4n) is 0.321. The van der Waals surface area contributed by atoms with Crippen LogP contribution in [0.25, 0.3) is 0 Å². The molecule has 0 aromatic carbocycles. The minimum absolute atomic E-state index is 0.0657. The monoisotopic (exact) mass is 148 g/mol. The summed E-state index contributed by atoms with van der Waals surface area (Å²) in [7, 11) is 3.40. The fraction of sp³-hybridized carbons (Fsp3) is 0.800. The highest BCUT2D eigenvalue weighted by Crippen LogP contribution is 1.76. The molecule has 0 aromatic heterocycles. The van der Waals surface area contributed by atoms with Crippen molar-refractivity contribution in [1.29, 1.82) is 0 Å². The average Bonchev–Trinajstić information content (AvgIpc) is 1.82. The topological polar surface area (TPSA) is 32.3 Å². The van der Waals surface area contributed by atoms with Gasteiger partial charge in [0.2, 0.25) is 0 Å². The van der Waals surface area contributed by atoms with Crippen molar-refractivity contribution in [3.05, 3.63) is 0 Å². The summed E-state index contributed by atoms with van der Waals surface area (Å²) in [5.74, 6) is 0.680. The largest absolute Gasteiger partial charge is 0.337 e. The first-order valence-electron chi connectivity index (χ1n) is 2.74. The van der Waals surface area contributed by atoms with E-state index < -0.39 is 0 Å². The molecule has 0 rings (SSSR count). The maximum Gasteiger partial charge on any atom is 0.316 e. The van der Waals surface area contributed by atoms with Crippen LogP contribution in [-0.4, -0.2) is 37.3 Å². The fourth-order valence-corrected chi connectivity index (χ4v) is 0.433. The standard InChI is InChI=1S/C5H12N2OS/c1-7(2)5(8)6-3-4-9/h9H,3-4H2,1-2H3,(H,6,8). The summed E-state index contributed by atoms with van der Waals surface area (Å²) in [5, 5.41) is 2.64. The molecule has 0 aliphatic carbocycles. The number of nitrogens with zero attached hydrogens (tertiary/aromatic N) is 1. The van der Waals surface area contributed by atoms with E-state index in [1.165, 1.54) is 4.90 Å². The Bertz CT molecular complexity index is 95.0. The Hall–Kier alpha value is -0.380. The summed E-state index contributed by atoms with van der Waals surface area (Å²) in [6.45, 7) is 0.625. The molecule has 0 saturated heterocycles. The van der Waals surface area contributed by atoms with Crippen LogP contribution in [0.15, 0.2) is 0 Å². The maximum atomic E-state index is 10.7. The summed E-state index contributed by atoms with van der Waals surface area (Å²) in [6, 6.07) is -0.0657. The molecular weight excluding hydrogens is 136 g/mol. The van der Waals surface area contributed by atoms with Crippen molar-refractivity contribution in [2.45, 2.75) is 0 Å². The number of hydrogen-bond acceptors (Lipinski definition) is 2. The van der Waals surface area contributed by atoms with Crippen molar-refractivity contribution in [2.75, 3.05) is 26.4 Å². The molecule has 0 aromatic rings. The number of hydrogen-bond donors (Lipinski definition) is 2. The van der Waals surface area contributed by atoms with Gasteiger partial charge in [0.1, 0.15) is 0 Å². The van der Waals surface area contributed by atoms with Crippen molar-refractivity contribution in [3.63, 3.8) is 0 Å². The van der Waals surface area contributed by atoms with E-state index in [4.69, 9.17) is 0 Å². The van der Waals surface area contributed by atoms with E-state index in [0.717, 1.165) is 0 Å². The van der Waals surface area contributed by atoms with Crippen LogP contribution in [0.4, 0.5) is 4.79 Å². The Balaban J connectivity index is 3.28. The van der Waals surface area contributed by atoms with Crippen molar-refractivity contribution in [1.82, 2.24) is 10.2 Å². The molecule has 0 bridgehead atoms. The zero-order valence-corrected chi connectivity index (χ0v) is 6.61. The van der Waals surface area contributed by atoms with Gasteiger partial charge >= 0.3 is 6.03 Å². The Morgan fingerprint density at radius 1 is 1.67 bits per heavy atom. The molecule has 0 radical (unpaired) electrons. The number of amides is 2. The molecule has 54 valence electrons. The molecule has 4 heteroatoms. The van der Waals surface area contributed by atoms with Gasteiger partial charge in [-0.3, -0.25) is 0 Å². The van der Waals surface area contributed by atoms with Gasteiger partial charge < -0.3 is 10.2 Å². The van der Waals surface area contributed by atoms with E-state index in [2.05, 4.69) is 17.9 Å². The molecule has 2 amide bonds. The third kappa shape index (κ3) is 4.14. The van der Waals surface area contributed by atoms with Crippen molar-refractivity contribution in [3.8, 4) is 0 Å². The normalized spacial score (nSPS) is 8.78. The number of urea groups is 1. The van der Waals surface area contributed by atoms with Crippen LogP contribution in [0, 0.1) is 0 Å². The Kier molecular flexibility index (Phi) is 4.30. The van der Waals surface area contributed by atoms with Gasteiger partial charge in [0.15, 0.2) is 0 Å². The third-order valence-electron chi connectivity index (χ3n) is 0.794. The summed E-state index contributed by atoms with van der Waals surface area (Å²) in [4.78, 5) is 12.2.